The molecule has 0 radical (unpaired) electrons. The van der Waals surface area contributed by atoms with Crippen LogP contribution in [0.5, 0.6) is 0 Å². The average molecular weight is 329 g/mol. The maximum Gasteiger partial charge on any atom is 0.0463 e. The second kappa shape index (κ2) is 6.61. The summed E-state index contributed by atoms with van der Waals surface area (Å²) in [6.45, 7) is 1.05. The zero-order valence-electron chi connectivity index (χ0n) is 14.7. The van der Waals surface area contributed by atoms with Crippen molar-refractivity contribution in [2.75, 3.05) is 26.0 Å². The number of rotatable bonds is 5. The molecule has 3 nitrogen and oxygen atoms in total. The van der Waals surface area contributed by atoms with Gasteiger partial charge in [-0.25, -0.2) is 0 Å². The Morgan fingerprint density at radius 1 is 0.920 bits per heavy atom. The minimum atomic E-state index is 1.05. The third-order valence-corrected chi connectivity index (χ3v) is 4.66. The normalized spacial score (nSPS) is 11.5. The van der Waals surface area contributed by atoms with Crippen LogP contribution in [0.4, 0.5) is 11.4 Å². The van der Waals surface area contributed by atoms with Crippen molar-refractivity contribution in [2.45, 2.75) is 6.42 Å². The number of hydrogen-bond acceptors (Lipinski definition) is 2. The first-order valence-corrected chi connectivity index (χ1v) is 8.70. The van der Waals surface area contributed by atoms with E-state index in [9.17, 15) is 0 Å². The molecule has 3 aromatic carbocycles. The van der Waals surface area contributed by atoms with Crippen molar-refractivity contribution in [1.82, 2.24) is 9.88 Å². The third kappa shape index (κ3) is 3.24. The van der Waals surface area contributed by atoms with Crippen LogP contribution in [0, 0.1) is 0 Å². The van der Waals surface area contributed by atoms with Crippen LogP contribution in [0.3, 0.4) is 0 Å². The van der Waals surface area contributed by atoms with E-state index in [1.54, 1.807) is 0 Å². The van der Waals surface area contributed by atoms with Crippen LogP contribution >= 0.6 is 0 Å². The summed E-state index contributed by atoms with van der Waals surface area (Å²) in [5, 5.41) is 7.39. The van der Waals surface area contributed by atoms with Crippen LogP contribution in [0.1, 0.15) is 5.56 Å². The van der Waals surface area contributed by atoms with E-state index in [2.05, 4.69) is 96.2 Å². The SMILES string of the molecule is CN(C)CCc1c[nH]c2ccc(Nc3cccc4ccccc34)cc12. The van der Waals surface area contributed by atoms with Crippen LogP contribution < -0.4 is 5.32 Å². The maximum absolute atomic E-state index is 3.60. The zero-order chi connectivity index (χ0) is 17.2. The smallest absolute Gasteiger partial charge is 0.0463 e. The Bertz CT molecular complexity index is 1010. The van der Waals surface area contributed by atoms with Gasteiger partial charge in [-0.05, 0) is 55.7 Å². The highest BCUT2D eigenvalue weighted by molar-refractivity contribution is 5.96. The number of anilines is 2. The molecule has 0 unspecified atom stereocenters. The molecule has 0 bridgehead atoms. The average Bonchev–Trinajstić information content (AvgIpc) is 3.03. The van der Waals surface area contributed by atoms with Gasteiger partial charge in [0, 0.05) is 40.4 Å². The number of H-pyrrole nitrogens is 1. The van der Waals surface area contributed by atoms with Crippen LogP contribution in [0.2, 0.25) is 0 Å². The van der Waals surface area contributed by atoms with Crippen molar-refractivity contribution < 1.29 is 0 Å². The van der Waals surface area contributed by atoms with Gasteiger partial charge in [-0.3, -0.25) is 0 Å². The van der Waals surface area contributed by atoms with Crippen molar-refractivity contribution in [1.29, 1.82) is 0 Å². The molecule has 0 aliphatic carbocycles. The van der Waals surface area contributed by atoms with E-state index in [4.69, 9.17) is 0 Å². The van der Waals surface area contributed by atoms with Gasteiger partial charge in [-0.2, -0.15) is 0 Å². The molecule has 1 aromatic heterocycles. The molecule has 4 rings (SSSR count). The zero-order valence-corrected chi connectivity index (χ0v) is 14.7. The van der Waals surface area contributed by atoms with Crippen LogP contribution in [0.15, 0.2) is 66.9 Å². The van der Waals surface area contributed by atoms with E-state index in [1.165, 1.54) is 27.2 Å². The van der Waals surface area contributed by atoms with Crippen LogP contribution in [-0.4, -0.2) is 30.5 Å². The molecule has 126 valence electrons. The molecule has 0 saturated carbocycles. The first-order chi connectivity index (χ1) is 12.2. The number of nitrogens with one attached hydrogen (secondary N) is 2. The lowest BCUT2D eigenvalue weighted by molar-refractivity contribution is 0.414. The summed E-state index contributed by atoms with van der Waals surface area (Å²) in [6, 6.07) is 21.4. The monoisotopic (exact) mass is 329 g/mol. The molecule has 0 saturated heterocycles. The Hall–Kier alpha value is -2.78. The fourth-order valence-electron chi connectivity index (χ4n) is 3.30. The summed E-state index contributed by atoms with van der Waals surface area (Å²) in [6.07, 6.45) is 3.18. The maximum atomic E-state index is 3.60. The second-order valence-electron chi connectivity index (χ2n) is 6.78. The van der Waals surface area contributed by atoms with Gasteiger partial charge < -0.3 is 15.2 Å². The summed E-state index contributed by atoms with van der Waals surface area (Å²) < 4.78 is 0. The molecule has 0 fully saturated rings. The molecule has 3 heteroatoms. The van der Waals surface area contributed by atoms with Gasteiger partial charge in [0.15, 0.2) is 0 Å². The number of hydrogen-bond donors (Lipinski definition) is 2. The molecule has 4 aromatic rings. The summed E-state index contributed by atoms with van der Waals surface area (Å²) in [5.41, 5.74) is 4.82. The Kier molecular flexibility index (Phi) is 4.16. The summed E-state index contributed by atoms with van der Waals surface area (Å²) in [5.74, 6) is 0. The molecule has 0 aliphatic rings. The minimum Gasteiger partial charge on any atom is -0.361 e. The number of fused-ring (bicyclic) bond motifs is 2. The van der Waals surface area contributed by atoms with Gasteiger partial charge >= 0.3 is 0 Å². The van der Waals surface area contributed by atoms with Crippen molar-refractivity contribution in [3.63, 3.8) is 0 Å². The highest BCUT2D eigenvalue weighted by atomic mass is 15.0. The topological polar surface area (TPSA) is 31.1 Å². The van der Waals surface area contributed by atoms with Gasteiger partial charge in [0.1, 0.15) is 0 Å². The van der Waals surface area contributed by atoms with E-state index in [0.717, 1.165) is 24.3 Å². The standard InChI is InChI=1S/C22H23N3/c1-25(2)13-12-17-15-23-21-11-10-18(14-20(17)21)24-22-9-5-7-16-6-3-4-8-19(16)22/h3-11,14-15,23-24H,12-13H2,1-2H3. The van der Waals surface area contributed by atoms with E-state index in [-0.39, 0.29) is 0 Å². The Morgan fingerprint density at radius 2 is 1.76 bits per heavy atom. The summed E-state index contributed by atoms with van der Waals surface area (Å²) >= 11 is 0. The fourth-order valence-corrected chi connectivity index (χ4v) is 3.30. The Balaban J connectivity index is 1.68. The van der Waals surface area contributed by atoms with Crippen molar-refractivity contribution >= 4 is 33.1 Å². The lowest BCUT2D eigenvalue weighted by atomic mass is 10.1. The molecule has 0 amide bonds. The predicted octanol–water partition coefficient (Wildman–Crippen LogP) is 5.17. The summed E-state index contributed by atoms with van der Waals surface area (Å²) in [7, 11) is 4.23. The van der Waals surface area contributed by atoms with Gasteiger partial charge in [0.2, 0.25) is 0 Å². The van der Waals surface area contributed by atoms with Gasteiger partial charge in [-0.1, -0.05) is 36.4 Å². The van der Waals surface area contributed by atoms with Crippen molar-refractivity contribution in [2.24, 2.45) is 0 Å². The quantitative estimate of drug-likeness (QED) is 0.529. The second-order valence-corrected chi connectivity index (χ2v) is 6.78. The molecule has 2 N–H and O–H groups in total. The fraction of sp³-hybridized carbons (Fsp3) is 0.182. The van der Waals surface area contributed by atoms with E-state index >= 15 is 0 Å². The lowest BCUT2D eigenvalue weighted by Gasteiger charge is -2.11. The number of likely N-dealkylation sites (N-methyl/N-ethyl adjacent to an activating group) is 1. The highest BCUT2D eigenvalue weighted by Crippen LogP contribution is 2.29. The van der Waals surface area contributed by atoms with Gasteiger partial charge in [-0.15, -0.1) is 0 Å². The lowest BCUT2D eigenvalue weighted by Crippen LogP contribution is -2.14. The van der Waals surface area contributed by atoms with E-state index in [0.29, 0.717) is 0 Å². The van der Waals surface area contributed by atoms with E-state index in [1.807, 2.05) is 0 Å². The molecule has 0 spiro atoms. The molecule has 25 heavy (non-hydrogen) atoms. The first kappa shape index (κ1) is 15.7. The molecule has 1 heterocycles. The third-order valence-electron chi connectivity index (χ3n) is 4.66. The molecule has 0 atom stereocenters. The highest BCUT2D eigenvalue weighted by Gasteiger charge is 2.07. The number of nitrogens with zero attached hydrogens (tertiary/aromatic N) is 1. The summed E-state index contributed by atoms with van der Waals surface area (Å²) in [4.78, 5) is 5.61. The van der Waals surface area contributed by atoms with Crippen LogP contribution in [0.25, 0.3) is 21.7 Å². The molecule has 0 aliphatic heterocycles. The van der Waals surface area contributed by atoms with Crippen molar-refractivity contribution in [3.8, 4) is 0 Å². The molecular formula is C22H23N3. The Labute approximate surface area is 148 Å². The number of aromatic amines is 1. The molecular weight excluding hydrogens is 306 g/mol. The van der Waals surface area contributed by atoms with Crippen LogP contribution in [-0.2, 0) is 6.42 Å². The van der Waals surface area contributed by atoms with Gasteiger partial charge in [0.05, 0.1) is 0 Å². The largest absolute Gasteiger partial charge is 0.361 e. The predicted molar refractivity (Wildman–Crippen MR) is 108 cm³/mol. The Morgan fingerprint density at radius 3 is 2.64 bits per heavy atom. The number of aromatic nitrogens is 1. The number of benzene rings is 3. The minimum absolute atomic E-state index is 1.05. The van der Waals surface area contributed by atoms with E-state index < -0.39 is 0 Å². The van der Waals surface area contributed by atoms with Crippen molar-refractivity contribution in [3.05, 3.63) is 72.4 Å². The first-order valence-electron chi connectivity index (χ1n) is 8.70. The van der Waals surface area contributed by atoms with Gasteiger partial charge in [0.25, 0.3) is 0 Å².